The fraction of sp³-hybridized carbons (Fsp3) is 0.538. The maximum absolute atomic E-state index is 11.4. The molecule has 0 unspecified atom stereocenters. The highest BCUT2D eigenvalue weighted by Crippen LogP contribution is 2.08. The van der Waals surface area contributed by atoms with Gasteiger partial charge in [-0.2, -0.15) is 5.10 Å². The van der Waals surface area contributed by atoms with Crippen molar-refractivity contribution in [2.24, 2.45) is 7.05 Å². The van der Waals surface area contributed by atoms with Crippen LogP contribution in [0.4, 0.5) is 4.79 Å². The van der Waals surface area contributed by atoms with Crippen molar-refractivity contribution < 1.29 is 9.53 Å². The van der Waals surface area contributed by atoms with Crippen molar-refractivity contribution in [1.82, 2.24) is 15.1 Å². The number of alkyl carbamates (subject to hydrolysis) is 1. The zero-order chi connectivity index (χ0) is 13.8. The molecule has 1 aromatic heterocycles. The predicted molar refractivity (Wildman–Crippen MR) is 71.2 cm³/mol. The summed E-state index contributed by atoms with van der Waals surface area (Å²) in [5.74, 6) is 0. The van der Waals surface area contributed by atoms with Gasteiger partial charge in [-0.3, -0.25) is 4.68 Å². The molecule has 18 heavy (non-hydrogen) atoms. The van der Waals surface area contributed by atoms with E-state index in [-0.39, 0.29) is 0 Å². The molecule has 0 aliphatic heterocycles. The molecule has 100 valence electrons. The van der Waals surface area contributed by atoms with Crippen LogP contribution in [-0.4, -0.2) is 28.0 Å². The lowest BCUT2D eigenvalue weighted by atomic mass is 10.2. The largest absolute Gasteiger partial charge is 0.444 e. The van der Waals surface area contributed by atoms with Crippen molar-refractivity contribution >= 4 is 12.2 Å². The van der Waals surface area contributed by atoms with Crippen molar-refractivity contribution in [1.29, 1.82) is 0 Å². The van der Waals surface area contributed by atoms with Crippen LogP contribution < -0.4 is 5.32 Å². The van der Waals surface area contributed by atoms with Crippen LogP contribution in [0.3, 0.4) is 0 Å². The Morgan fingerprint density at radius 1 is 1.56 bits per heavy atom. The van der Waals surface area contributed by atoms with E-state index >= 15 is 0 Å². The number of carbonyl (C=O) groups excluding carboxylic acids is 1. The summed E-state index contributed by atoms with van der Waals surface area (Å²) in [7, 11) is 1.89. The molecule has 0 aromatic carbocycles. The number of amides is 1. The summed E-state index contributed by atoms with van der Waals surface area (Å²) in [5, 5.41) is 6.79. The minimum absolute atomic E-state index is 0.407. The molecule has 1 heterocycles. The van der Waals surface area contributed by atoms with Crippen molar-refractivity contribution in [2.45, 2.75) is 33.3 Å². The minimum Gasteiger partial charge on any atom is -0.444 e. The van der Waals surface area contributed by atoms with Crippen molar-refractivity contribution in [2.75, 3.05) is 6.54 Å². The van der Waals surface area contributed by atoms with Crippen molar-refractivity contribution in [3.63, 3.8) is 0 Å². The first-order valence-electron chi connectivity index (χ1n) is 5.91. The van der Waals surface area contributed by atoms with Gasteiger partial charge in [-0.05, 0) is 27.7 Å². The van der Waals surface area contributed by atoms with Gasteiger partial charge in [0, 0.05) is 24.8 Å². The van der Waals surface area contributed by atoms with E-state index in [1.807, 2.05) is 46.9 Å². The molecule has 1 rings (SSSR count). The fourth-order valence-corrected chi connectivity index (χ4v) is 1.32. The zero-order valence-corrected chi connectivity index (χ0v) is 11.7. The number of aryl methyl sites for hydroxylation is 1. The van der Waals surface area contributed by atoms with E-state index in [2.05, 4.69) is 10.4 Å². The van der Waals surface area contributed by atoms with E-state index in [1.165, 1.54) is 0 Å². The average molecular weight is 251 g/mol. The third-order valence-electron chi connectivity index (χ3n) is 2.33. The summed E-state index contributed by atoms with van der Waals surface area (Å²) in [6.45, 7) is 7.93. The number of aromatic nitrogens is 2. The summed E-state index contributed by atoms with van der Waals surface area (Å²) >= 11 is 0. The molecular weight excluding hydrogens is 230 g/mol. The van der Waals surface area contributed by atoms with E-state index in [1.54, 1.807) is 10.9 Å². The third-order valence-corrected chi connectivity index (χ3v) is 2.33. The number of nitrogens with zero attached hydrogens (tertiary/aromatic N) is 2. The summed E-state index contributed by atoms with van der Waals surface area (Å²) < 4.78 is 6.92. The monoisotopic (exact) mass is 251 g/mol. The highest BCUT2D eigenvalue weighted by atomic mass is 16.6. The first kappa shape index (κ1) is 14.3. The number of carbonyl (C=O) groups is 1. The Morgan fingerprint density at radius 2 is 2.22 bits per heavy atom. The summed E-state index contributed by atoms with van der Waals surface area (Å²) in [5.41, 5.74) is 1.67. The van der Waals surface area contributed by atoms with Crippen molar-refractivity contribution in [3.8, 4) is 0 Å². The van der Waals surface area contributed by atoms with E-state index in [4.69, 9.17) is 4.74 Å². The second kappa shape index (κ2) is 5.71. The summed E-state index contributed by atoms with van der Waals surface area (Å²) in [4.78, 5) is 11.4. The lowest BCUT2D eigenvalue weighted by Gasteiger charge is -2.19. The topological polar surface area (TPSA) is 56.1 Å². The molecule has 0 saturated carbocycles. The molecule has 0 radical (unpaired) electrons. The molecule has 1 N–H and O–H groups in total. The lowest BCUT2D eigenvalue weighted by molar-refractivity contribution is 0.0534. The van der Waals surface area contributed by atoms with Gasteiger partial charge in [-0.1, -0.05) is 12.2 Å². The van der Waals surface area contributed by atoms with Crippen LogP contribution in [0.15, 0.2) is 12.3 Å². The van der Waals surface area contributed by atoms with Gasteiger partial charge < -0.3 is 10.1 Å². The van der Waals surface area contributed by atoms with Gasteiger partial charge in [0.05, 0.1) is 6.20 Å². The lowest BCUT2D eigenvalue weighted by Crippen LogP contribution is -2.32. The Bertz CT molecular complexity index is 442. The van der Waals surface area contributed by atoms with Crippen molar-refractivity contribution in [3.05, 3.63) is 23.5 Å². The van der Waals surface area contributed by atoms with Crippen LogP contribution in [0.1, 0.15) is 32.0 Å². The molecule has 0 bridgehead atoms. The Balaban J connectivity index is 2.38. The van der Waals surface area contributed by atoms with Crippen LogP contribution >= 0.6 is 0 Å². The molecule has 0 aliphatic carbocycles. The van der Waals surface area contributed by atoms with Gasteiger partial charge in [-0.25, -0.2) is 4.79 Å². The smallest absolute Gasteiger partial charge is 0.407 e. The molecule has 5 nitrogen and oxygen atoms in total. The standard InChI is InChI=1S/C13H21N3O2/c1-10-11(9-15-16(10)5)7-6-8-14-12(17)18-13(2,3)4/h6-7,9H,8H2,1-5H3,(H,14,17). The summed E-state index contributed by atoms with van der Waals surface area (Å²) in [6, 6.07) is 0. The van der Waals surface area contributed by atoms with E-state index in [9.17, 15) is 4.79 Å². The van der Waals surface area contributed by atoms with Gasteiger partial charge in [-0.15, -0.1) is 0 Å². The molecule has 1 amide bonds. The van der Waals surface area contributed by atoms with E-state index < -0.39 is 11.7 Å². The SMILES string of the molecule is Cc1c(C=CCNC(=O)OC(C)(C)C)cnn1C. The Kier molecular flexibility index (Phi) is 4.53. The number of nitrogens with one attached hydrogen (secondary N) is 1. The maximum atomic E-state index is 11.4. The zero-order valence-electron chi connectivity index (χ0n) is 11.7. The Hall–Kier alpha value is -1.78. The van der Waals surface area contributed by atoms with Crippen LogP contribution in [-0.2, 0) is 11.8 Å². The maximum Gasteiger partial charge on any atom is 0.407 e. The number of rotatable bonds is 3. The number of hydrogen-bond donors (Lipinski definition) is 1. The van der Waals surface area contributed by atoms with Crippen LogP contribution in [0, 0.1) is 6.92 Å². The van der Waals surface area contributed by atoms with Crippen LogP contribution in [0.5, 0.6) is 0 Å². The van der Waals surface area contributed by atoms with Crippen LogP contribution in [0.25, 0.3) is 6.08 Å². The third kappa shape index (κ3) is 4.61. The van der Waals surface area contributed by atoms with Gasteiger partial charge in [0.25, 0.3) is 0 Å². The molecular formula is C13H21N3O2. The second-order valence-corrected chi connectivity index (χ2v) is 5.09. The molecule has 0 spiro atoms. The summed E-state index contributed by atoms with van der Waals surface area (Å²) in [6.07, 6.45) is 5.18. The molecule has 0 saturated heterocycles. The van der Waals surface area contributed by atoms with Crippen LogP contribution in [0.2, 0.25) is 0 Å². The first-order chi connectivity index (χ1) is 8.29. The molecule has 0 aliphatic rings. The van der Waals surface area contributed by atoms with Gasteiger partial charge in [0.1, 0.15) is 5.60 Å². The second-order valence-electron chi connectivity index (χ2n) is 5.09. The molecule has 0 fully saturated rings. The van der Waals surface area contributed by atoms with Gasteiger partial charge in [0.2, 0.25) is 0 Å². The van der Waals surface area contributed by atoms with E-state index in [0.29, 0.717) is 6.54 Å². The Morgan fingerprint density at radius 3 is 2.72 bits per heavy atom. The Labute approximate surface area is 108 Å². The van der Waals surface area contributed by atoms with Gasteiger partial charge in [0.15, 0.2) is 0 Å². The normalized spacial score (nSPS) is 11.8. The highest BCUT2D eigenvalue weighted by Gasteiger charge is 2.14. The average Bonchev–Trinajstić information content (AvgIpc) is 2.53. The first-order valence-corrected chi connectivity index (χ1v) is 5.91. The molecule has 0 atom stereocenters. The predicted octanol–water partition coefficient (Wildman–Crippen LogP) is 2.27. The van der Waals surface area contributed by atoms with E-state index in [0.717, 1.165) is 11.3 Å². The molecule has 5 heteroatoms. The van der Waals surface area contributed by atoms with Gasteiger partial charge >= 0.3 is 6.09 Å². The number of ether oxygens (including phenoxy) is 1. The fourth-order valence-electron chi connectivity index (χ4n) is 1.32. The molecule has 1 aromatic rings. The quantitative estimate of drug-likeness (QED) is 0.896. The minimum atomic E-state index is -0.465. The highest BCUT2D eigenvalue weighted by molar-refractivity contribution is 5.68. The number of hydrogen-bond acceptors (Lipinski definition) is 3.